The minimum Gasteiger partial charge on any atom is -0.159 e. The minimum absolute atomic E-state index is 0.763. The first-order valence-electron chi connectivity index (χ1n) is 5.50. The molecule has 78 valence electrons. The van der Waals surface area contributed by atoms with Gasteiger partial charge in [0, 0.05) is 11.1 Å². The van der Waals surface area contributed by atoms with Gasteiger partial charge in [-0.3, -0.25) is 0 Å². The zero-order valence-electron chi connectivity index (χ0n) is 8.60. The van der Waals surface area contributed by atoms with Crippen molar-refractivity contribution in [2.45, 2.75) is 50.7 Å². The molecule has 2 heteroatoms. The molecular formula is C11H21ClS. The van der Waals surface area contributed by atoms with E-state index in [-0.39, 0.29) is 0 Å². The summed E-state index contributed by atoms with van der Waals surface area (Å²) in [6.07, 6.45) is 8.52. The molecule has 1 rings (SSSR count). The molecule has 0 amide bonds. The van der Waals surface area contributed by atoms with Crippen molar-refractivity contribution >= 4 is 23.4 Å². The summed E-state index contributed by atoms with van der Waals surface area (Å²) in [6, 6.07) is 0. The van der Waals surface area contributed by atoms with Crippen molar-refractivity contribution in [3.63, 3.8) is 0 Å². The maximum atomic E-state index is 5.70. The molecule has 0 nitrogen and oxygen atoms in total. The second-order valence-electron chi connectivity index (χ2n) is 4.13. The summed E-state index contributed by atoms with van der Waals surface area (Å²) in [7, 11) is 0. The van der Waals surface area contributed by atoms with Crippen LogP contribution in [0.2, 0.25) is 0 Å². The Bertz CT molecular complexity index is 121. The van der Waals surface area contributed by atoms with Crippen LogP contribution in [0.25, 0.3) is 0 Å². The van der Waals surface area contributed by atoms with Crippen LogP contribution in [-0.2, 0) is 0 Å². The van der Waals surface area contributed by atoms with E-state index in [4.69, 9.17) is 11.6 Å². The molecule has 0 N–H and O–H groups in total. The molecule has 0 saturated heterocycles. The zero-order valence-corrected chi connectivity index (χ0v) is 10.2. The monoisotopic (exact) mass is 220 g/mol. The van der Waals surface area contributed by atoms with E-state index in [2.05, 4.69) is 18.7 Å². The maximum absolute atomic E-state index is 5.70. The Morgan fingerprint density at radius 1 is 1.31 bits per heavy atom. The van der Waals surface area contributed by atoms with Crippen molar-refractivity contribution in [1.82, 2.24) is 0 Å². The Morgan fingerprint density at radius 2 is 2.00 bits per heavy atom. The number of thioether (sulfide) groups is 1. The Kier molecular flexibility index (Phi) is 6.31. The van der Waals surface area contributed by atoms with Gasteiger partial charge in [-0.2, -0.15) is 11.8 Å². The van der Waals surface area contributed by atoms with E-state index in [0.29, 0.717) is 0 Å². The molecule has 1 fully saturated rings. The molecule has 1 atom stereocenters. The Morgan fingerprint density at radius 3 is 2.62 bits per heavy atom. The van der Waals surface area contributed by atoms with Crippen LogP contribution >= 0.6 is 23.4 Å². The molecular weight excluding hydrogens is 200 g/mol. The second-order valence-corrected chi connectivity index (χ2v) is 5.98. The van der Waals surface area contributed by atoms with Crippen LogP contribution in [0.3, 0.4) is 0 Å². The smallest absolute Gasteiger partial charge is 0.0233 e. The van der Waals surface area contributed by atoms with E-state index < -0.39 is 0 Å². The summed E-state index contributed by atoms with van der Waals surface area (Å²) in [4.78, 5) is 0. The van der Waals surface area contributed by atoms with E-state index >= 15 is 0 Å². The highest BCUT2D eigenvalue weighted by Crippen LogP contribution is 2.28. The highest BCUT2D eigenvalue weighted by atomic mass is 35.5. The van der Waals surface area contributed by atoms with Gasteiger partial charge in [-0.1, -0.05) is 26.2 Å². The van der Waals surface area contributed by atoms with Gasteiger partial charge in [-0.05, 0) is 30.9 Å². The molecule has 0 bridgehead atoms. The van der Waals surface area contributed by atoms with Gasteiger partial charge in [0.15, 0.2) is 0 Å². The van der Waals surface area contributed by atoms with E-state index in [1.165, 1.54) is 44.3 Å². The summed E-state index contributed by atoms with van der Waals surface area (Å²) in [5.41, 5.74) is 0. The van der Waals surface area contributed by atoms with Crippen LogP contribution in [0.1, 0.15) is 45.4 Å². The van der Waals surface area contributed by atoms with Crippen molar-refractivity contribution in [2.24, 2.45) is 5.92 Å². The largest absolute Gasteiger partial charge is 0.159 e. The lowest BCUT2D eigenvalue weighted by molar-refractivity contribution is 0.390. The van der Waals surface area contributed by atoms with Crippen LogP contribution in [0, 0.1) is 5.92 Å². The maximum Gasteiger partial charge on any atom is 0.0233 e. The third kappa shape index (κ3) is 5.17. The molecule has 0 heterocycles. The van der Waals surface area contributed by atoms with Crippen LogP contribution in [0.15, 0.2) is 0 Å². The van der Waals surface area contributed by atoms with E-state index in [9.17, 15) is 0 Å². The van der Waals surface area contributed by atoms with Gasteiger partial charge >= 0.3 is 0 Å². The summed E-state index contributed by atoms with van der Waals surface area (Å²) >= 11 is 7.83. The van der Waals surface area contributed by atoms with Gasteiger partial charge in [-0.15, -0.1) is 11.6 Å². The summed E-state index contributed by atoms with van der Waals surface area (Å²) in [5, 5.41) is 0.763. The number of rotatable bonds is 5. The fourth-order valence-electron chi connectivity index (χ4n) is 1.89. The quantitative estimate of drug-likeness (QED) is 0.622. The average molecular weight is 221 g/mol. The number of hydrogen-bond acceptors (Lipinski definition) is 1. The first-order valence-corrected chi connectivity index (χ1v) is 7.09. The summed E-state index contributed by atoms with van der Waals surface area (Å²) in [6.45, 7) is 2.30. The average Bonchev–Trinajstić information content (AvgIpc) is 2.17. The molecule has 1 aliphatic carbocycles. The Labute approximate surface area is 91.8 Å². The first kappa shape index (κ1) is 11.7. The van der Waals surface area contributed by atoms with Gasteiger partial charge in [0.25, 0.3) is 0 Å². The third-order valence-corrected chi connectivity index (χ3v) is 4.54. The second kappa shape index (κ2) is 7.00. The number of halogens is 1. The number of alkyl halides is 1. The fraction of sp³-hybridized carbons (Fsp3) is 1.00. The van der Waals surface area contributed by atoms with Crippen molar-refractivity contribution in [3.05, 3.63) is 0 Å². The third-order valence-electron chi connectivity index (χ3n) is 2.86. The molecule has 0 aromatic rings. The van der Waals surface area contributed by atoms with Crippen molar-refractivity contribution < 1.29 is 0 Å². The van der Waals surface area contributed by atoms with E-state index in [1.807, 2.05) is 0 Å². The van der Waals surface area contributed by atoms with Crippen LogP contribution in [-0.4, -0.2) is 16.9 Å². The molecule has 0 aromatic carbocycles. The molecule has 1 saturated carbocycles. The van der Waals surface area contributed by atoms with Crippen LogP contribution in [0.4, 0.5) is 0 Å². The van der Waals surface area contributed by atoms with Gasteiger partial charge in [0.05, 0.1) is 0 Å². The van der Waals surface area contributed by atoms with Crippen molar-refractivity contribution in [3.8, 4) is 0 Å². The van der Waals surface area contributed by atoms with Gasteiger partial charge in [0.1, 0.15) is 0 Å². The molecule has 0 radical (unpaired) electrons. The predicted molar refractivity (Wildman–Crippen MR) is 63.8 cm³/mol. The molecule has 0 spiro atoms. The lowest BCUT2D eigenvalue weighted by Crippen LogP contribution is -2.11. The van der Waals surface area contributed by atoms with E-state index in [1.54, 1.807) is 0 Å². The Hall–Kier alpha value is 0.640. The van der Waals surface area contributed by atoms with Crippen LogP contribution in [0.5, 0.6) is 0 Å². The normalized spacial score (nSPS) is 21.7. The van der Waals surface area contributed by atoms with Crippen LogP contribution < -0.4 is 0 Å². The highest BCUT2D eigenvalue weighted by molar-refractivity contribution is 7.99. The molecule has 13 heavy (non-hydrogen) atoms. The lowest BCUT2D eigenvalue weighted by atomic mass is 9.91. The SMILES string of the molecule is CC(CCCl)SCC1CCCCC1. The fourth-order valence-corrected chi connectivity index (χ4v) is 3.57. The van der Waals surface area contributed by atoms with E-state index in [0.717, 1.165) is 17.0 Å². The van der Waals surface area contributed by atoms with Gasteiger partial charge < -0.3 is 0 Å². The van der Waals surface area contributed by atoms with Crippen molar-refractivity contribution in [1.29, 1.82) is 0 Å². The molecule has 0 aliphatic heterocycles. The summed E-state index contributed by atoms with van der Waals surface area (Å²) in [5.74, 6) is 3.20. The van der Waals surface area contributed by atoms with Gasteiger partial charge in [0.2, 0.25) is 0 Å². The standard InChI is InChI=1S/C11H21ClS/c1-10(7-8-12)13-9-11-5-3-2-4-6-11/h10-11H,2-9H2,1H3. The zero-order chi connectivity index (χ0) is 9.52. The predicted octanol–water partition coefficient (Wildman–Crippen LogP) is 4.32. The summed E-state index contributed by atoms with van der Waals surface area (Å²) < 4.78 is 0. The first-order chi connectivity index (χ1) is 6.33. The Balaban J connectivity index is 2.03. The van der Waals surface area contributed by atoms with Crippen molar-refractivity contribution in [2.75, 3.05) is 11.6 Å². The molecule has 1 unspecified atom stereocenters. The molecule has 0 aromatic heterocycles. The highest BCUT2D eigenvalue weighted by Gasteiger charge is 2.14. The minimum atomic E-state index is 0.763. The topological polar surface area (TPSA) is 0 Å². The molecule has 1 aliphatic rings. The lowest BCUT2D eigenvalue weighted by Gasteiger charge is -2.22. The van der Waals surface area contributed by atoms with Gasteiger partial charge in [-0.25, -0.2) is 0 Å². The number of hydrogen-bond donors (Lipinski definition) is 0.